The van der Waals surface area contributed by atoms with Crippen LogP contribution in [0, 0.1) is 5.41 Å². The molecular formula is C14H22N2O4S. The van der Waals surface area contributed by atoms with Gasteiger partial charge in [0.15, 0.2) is 0 Å². The fourth-order valence-electron chi connectivity index (χ4n) is 2.27. The Morgan fingerprint density at radius 1 is 1.38 bits per heavy atom. The molecule has 6 nitrogen and oxygen atoms in total. The topological polar surface area (TPSA) is 90.7 Å². The van der Waals surface area contributed by atoms with Crippen molar-refractivity contribution in [2.75, 3.05) is 32.6 Å². The molecule has 1 heterocycles. The van der Waals surface area contributed by atoms with Crippen LogP contribution in [0.25, 0.3) is 0 Å². The van der Waals surface area contributed by atoms with Crippen molar-refractivity contribution in [3.8, 4) is 5.75 Å². The van der Waals surface area contributed by atoms with E-state index in [-0.39, 0.29) is 10.3 Å². The second-order valence-electron chi connectivity index (χ2n) is 5.65. The number of ether oxygens (including phenoxy) is 2. The van der Waals surface area contributed by atoms with E-state index < -0.39 is 10.0 Å². The number of hydrogen-bond acceptors (Lipinski definition) is 5. The Morgan fingerprint density at radius 3 is 2.62 bits per heavy atom. The van der Waals surface area contributed by atoms with Crippen molar-refractivity contribution in [3.05, 3.63) is 18.2 Å². The van der Waals surface area contributed by atoms with Gasteiger partial charge in [-0.15, -0.1) is 0 Å². The molecule has 0 spiro atoms. The number of nitrogen functional groups attached to an aromatic ring is 1. The van der Waals surface area contributed by atoms with Crippen molar-refractivity contribution < 1.29 is 17.9 Å². The van der Waals surface area contributed by atoms with Crippen LogP contribution in [-0.4, -0.2) is 35.3 Å². The van der Waals surface area contributed by atoms with Crippen LogP contribution in [0.1, 0.15) is 19.8 Å². The van der Waals surface area contributed by atoms with E-state index in [1.165, 1.54) is 19.2 Å². The van der Waals surface area contributed by atoms with Gasteiger partial charge in [-0.3, -0.25) is 0 Å². The summed E-state index contributed by atoms with van der Waals surface area (Å²) in [5.74, 6) is 0.463. The van der Waals surface area contributed by atoms with E-state index in [0.717, 1.165) is 12.8 Å². The highest BCUT2D eigenvalue weighted by molar-refractivity contribution is 7.89. The van der Waals surface area contributed by atoms with Crippen LogP contribution >= 0.6 is 0 Å². The van der Waals surface area contributed by atoms with E-state index in [9.17, 15) is 8.42 Å². The van der Waals surface area contributed by atoms with E-state index >= 15 is 0 Å². The normalized spacial score (nSPS) is 18.4. The van der Waals surface area contributed by atoms with Crippen LogP contribution in [0.5, 0.6) is 5.75 Å². The number of nitrogens with one attached hydrogen (secondary N) is 1. The Bertz CT molecular complexity index is 595. The molecule has 0 aromatic heterocycles. The van der Waals surface area contributed by atoms with Gasteiger partial charge in [-0.2, -0.15) is 0 Å². The van der Waals surface area contributed by atoms with E-state index in [4.69, 9.17) is 15.2 Å². The van der Waals surface area contributed by atoms with E-state index in [1.807, 2.05) is 0 Å². The summed E-state index contributed by atoms with van der Waals surface area (Å²) in [6.07, 6.45) is 1.69. The zero-order valence-electron chi connectivity index (χ0n) is 12.4. The molecule has 1 aromatic carbocycles. The molecule has 1 fully saturated rings. The summed E-state index contributed by atoms with van der Waals surface area (Å²) in [7, 11) is -2.08. The Kier molecular flexibility index (Phi) is 4.75. The fraction of sp³-hybridized carbons (Fsp3) is 0.571. The summed E-state index contributed by atoms with van der Waals surface area (Å²) < 4.78 is 37.7. The van der Waals surface area contributed by atoms with Crippen molar-refractivity contribution in [2.45, 2.75) is 24.7 Å². The SMILES string of the molecule is COc1ccc(S(=O)(=O)NCC2(C)CCOCC2)cc1N. The zero-order valence-corrected chi connectivity index (χ0v) is 13.2. The fourth-order valence-corrected chi connectivity index (χ4v) is 3.51. The maximum absolute atomic E-state index is 12.3. The Morgan fingerprint density at radius 2 is 2.05 bits per heavy atom. The summed E-state index contributed by atoms with van der Waals surface area (Å²) in [5, 5.41) is 0. The summed E-state index contributed by atoms with van der Waals surface area (Å²) in [6, 6.07) is 4.46. The monoisotopic (exact) mass is 314 g/mol. The van der Waals surface area contributed by atoms with Crippen LogP contribution in [0.15, 0.2) is 23.1 Å². The molecule has 0 aliphatic carbocycles. The number of rotatable bonds is 5. The third-order valence-corrected chi connectivity index (χ3v) is 5.30. The number of nitrogens with two attached hydrogens (primary N) is 1. The number of hydrogen-bond donors (Lipinski definition) is 2. The summed E-state index contributed by atoms with van der Waals surface area (Å²) >= 11 is 0. The first-order valence-electron chi connectivity index (χ1n) is 6.87. The van der Waals surface area contributed by atoms with Crippen LogP contribution < -0.4 is 15.2 Å². The number of methoxy groups -OCH3 is 1. The van der Waals surface area contributed by atoms with Crippen LogP contribution in [-0.2, 0) is 14.8 Å². The zero-order chi connectivity index (χ0) is 15.5. The first-order chi connectivity index (χ1) is 9.86. The lowest BCUT2D eigenvalue weighted by molar-refractivity contribution is 0.0265. The second kappa shape index (κ2) is 6.21. The number of anilines is 1. The van der Waals surface area contributed by atoms with Gasteiger partial charge in [-0.05, 0) is 36.5 Å². The van der Waals surface area contributed by atoms with E-state index in [2.05, 4.69) is 11.6 Å². The van der Waals surface area contributed by atoms with Gasteiger partial charge in [0, 0.05) is 19.8 Å². The molecule has 0 saturated carbocycles. The highest BCUT2D eigenvalue weighted by Crippen LogP contribution is 2.30. The largest absolute Gasteiger partial charge is 0.495 e. The van der Waals surface area contributed by atoms with Gasteiger partial charge in [0.2, 0.25) is 10.0 Å². The van der Waals surface area contributed by atoms with Gasteiger partial charge in [-0.1, -0.05) is 6.92 Å². The first kappa shape index (κ1) is 16.1. The maximum Gasteiger partial charge on any atom is 0.240 e. The van der Waals surface area contributed by atoms with Crippen molar-refractivity contribution in [1.82, 2.24) is 4.72 Å². The molecule has 2 rings (SSSR count). The van der Waals surface area contributed by atoms with E-state index in [0.29, 0.717) is 31.2 Å². The lowest BCUT2D eigenvalue weighted by atomic mass is 9.83. The second-order valence-corrected chi connectivity index (χ2v) is 7.42. The van der Waals surface area contributed by atoms with Crippen molar-refractivity contribution in [2.24, 2.45) is 5.41 Å². The summed E-state index contributed by atoms with van der Waals surface area (Å²) in [6.45, 7) is 3.81. The van der Waals surface area contributed by atoms with Crippen molar-refractivity contribution in [3.63, 3.8) is 0 Å². The standard InChI is InChI=1S/C14H22N2O4S/c1-14(5-7-20-8-6-14)10-16-21(17,18)11-3-4-13(19-2)12(15)9-11/h3-4,9,16H,5-8,10,15H2,1-2H3. The molecule has 118 valence electrons. The minimum absolute atomic E-state index is 0.0661. The third kappa shape index (κ3) is 3.87. The van der Waals surface area contributed by atoms with Gasteiger partial charge in [0.1, 0.15) is 5.75 Å². The van der Waals surface area contributed by atoms with Gasteiger partial charge in [0.25, 0.3) is 0 Å². The van der Waals surface area contributed by atoms with Gasteiger partial charge in [0.05, 0.1) is 17.7 Å². The molecule has 3 N–H and O–H groups in total. The highest BCUT2D eigenvalue weighted by Gasteiger charge is 2.29. The summed E-state index contributed by atoms with van der Waals surface area (Å²) in [5.41, 5.74) is 6.00. The smallest absolute Gasteiger partial charge is 0.240 e. The Labute approximate surface area is 125 Å². The molecule has 21 heavy (non-hydrogen) atoms. The molecule has 0 bridgehead atoms. The minimum Gasteiger partial charge on any atom is -0.495 e. The van der Waals surface area contributed by atoms with Crippen molar-refractivity contribution >= 4 is 15.7 Å². The minimum atomic E-state index is -3.57. The number of sulfonamides is 1. The molecule has 0 unspecified atom stereocenters. The first-order valence-corrected chi connectivity index (χ1v) is 8.36. The Hall–Kier alpha value is -1.31. The predicted octanol–water partition coefficient (Wildman–Crippen LogP) is 1.37. The lowest BCUT2D eigenvalue weighted by Gasteiger charge is -2.33. The molecule has 1 aliphatic heterocycles. The maximum atomic E-state index is 12.3. The number of benzene rings is 1. The quantitative estimate of drug-likeness (QED) is 0.801. The molecule has 0 atom stereocenters. The highest BCUT2D eigenvalue weighted by atomic mass is 32.2. The molecular weight excluding hydrogens is 292 g/mol. The van der Waals surface area contributed by atoms with E-state index in [1.54, 1.807) is 6.07 Å². The molecule has 1 saturated heterocycles. The lowest BCUT2D eigenvalue weighted by Crippen LogP contribution is -2.39. The summed E-state index contributed by atoms with van der Waals surface area (Å²) in [4.78, 5) is 0.149. The van der Waals surface area contributed by atoms with Crippen molar-refractivity contribution in [1.29, 1.82) is 0 Å². The molecule has 7 heteroatoms. The third-order valence-electron chi connectivity index (χ3n) is 3.90. The average Bonchev–Trinajstić information content (AvgIpc) is 2.46. The van der Waals surface area contributed by atoms with Gasteiger partial charge in [-0.25, -0.2) is 13.1 Å². The van der Waals surface area contributed by atoms with Crippen LogP contribution in [0.3, 0.4) is 0 Å². The average molecular weight is 314 g/mol. The van der Waals surface area contributed by atoms with Gasteiger partial charge >= 0.3 is 0 Å². The molecule has 0 radical (unpaired) electrons. The van der Waals surface area contributed by atoms with Gasteiger partial charge < -0.3 is 15.2 Å². The van der Waals surface area contributed by atoms with Crippen LogP contribution in [0.4, 0.5) is 5.69 Å². The Balaban J connectivity index is 2.09. The van der Waals surface area contributed by atoms with Crippen LogP contribution in [0.2, 0.25) is 0 Å². The molecule has 1 aliphatic rings. The molecule has 1 aromatic rings. The predicted molar refractivity (Wildman–Crippen MR) is 80.8 cm³/mol. The molecule has 0 amide bonds.